The molecule has 1 heterocycles. The fraction of sp³-hybridized carbons (Fsp3) is 0.304. The summed E-state index contributed by atoms with van der Waals surface area (Å²) in [7, 11) is 0. The average molecular weight is 359 g/mol. The zero-order chi connectivity index (χ0) is 19.2. The number of nitrogens with zero attached hydrogens (tertiary/aromatic N) is 2. The van der Waals surface area contributed by atoms with Gasteiger partial charge in [-0.1, -0.05) is 43.7 Å². The largest absolute Gasteiger partial charge is 0.343 e. The van der Waals surface area contributed by atoms with Crippen LogP contribution in [0.5, 0.6) is 0 Å². The van der Waals surface area contributed by atoms with Crippen molar-refractivity contribution in [2.75, 3.05) is 10.2 Å². The first-order valence-electron chi connectivity index (χ1n) is 9.50. The van der Waals surface area contributed by atoms with Crippen molar-refractivity contribution in [2.45, 2.75) is 45.6 Å². The number of aryl methyl sites for hydroxylation is 1. The van der Waals surface area contributed by atoms with Crippen LogP contribution in [0.4, 0.5) is 11.4 Å². The molecule has 1 unspecified atom stereocenters. The molecular formula is C23H25N3O. The summed E-state index contributed by atoms with van der Waals surface area (Å²) >= 11 is 0. The predicted octanol–water partition coefficient (Wildman–Crippen LogP) is 4.83. The van der Waals surface area contributed by atoms with Crippen LogP contribution in [0.1, 0.15) is 37.8 Å². The van der Waals surface area contributed by atoms with E-state index in [1.54, 1.807) is 6.20 Å². The van der Waals surface area contributed by atoms with Crippen LogP contribution in [0.15, 0.2) is 60.3 Å². The minimum absolute atomic E-state index is 0.105. The molecule has 0 saturated carbocycles. The normalized spacial score (nSPS) is 16.0. The lowest BCUT2D eigenvalue weighted by Gasteiger charge is -2.20. The number of nitriles is 1. The van der Waals surface area contributed by atoms with Crippen LogP contribution in [-0.4, -0.2) is 11.9 Å². The zero-order valence-electron chi connectivity index (χ0n) is 15.9. The second-order valence-electron chi connectivity index (χ2n) is 7.00. The van der Waals surface area contributed by atoms with Gasteiger partial charge >= 0.3 is 0 Å². The number of hydrogen-bond acceptors (Lipinski definition) is 3. The lowest BCUT2D eigenvalue weighted by atomic mass is 10.1. The first kappa shape index (κ1) is 18.7. The first-order chi connectivity index (χ1) is 13.1. The molecule has 0 aliphatic carbocycles. The summed E-state index contributed by atoms with van der Waals surface area (Å²) in [5.74, 6) is -0.379. The van der Waals surface area contributed by atoms with E-state index in [-0.39, 0.29) is 17.5 Å². The maximum absolute atomic E-state index is 12.6. The van der Waals surface area contributed by atoms with Gasteiger partial charge in [-0.3, -0.25) is 4.79 Å². The molecule has 1 aliphatic rings. The topological polar surface area (TPSA) is 56.1 Å². The number of para-hydroxylation sites is 1. The molecule has 0 fully saturated rings. The smallest absolute Gasteiger partial charge is 0.267 e. The van der Waals surface area contributed by atoms with Crippen LogP contribution in [0, 0.1) is 11.3 Å². The van der Waals surface area contributed by atoms with Crippen molar-refractivity contribution in [3.05, 3.63) is 71.4 Å². The van der Waals surface area contributed by atoms with Gasteiger partial charge in [0, 0.05) is 23.6 Å². The van der Waals surface area contributed by atoms with Gasteiger partial charge in [0.1, 0.15) is 11.6 Å². The van der Waals surface area contributed by atoms with Crippen molar-refractivity contribution in [2.24, 2.45) is 0 Å². The van der Waals surface area contributed by atoms with Gasteiger partial charge < -0.3 is 10.2 Å². The van der Waals surface area contributed by atoms with Crippen LogP contribution >= 0.6 is 0 Å². The Kier molecular flexibility index (Phi) is 5.93. The van der Waals surface area contributed by atoms with Gasteiger partial charge in [-0.25, -0.2) is 0 Å². The first-order valence-corrected chi connectivity index (χ1v) is 9.50. The Morgan fingerprint density at radius 2 is 2.00 bits per heavy atom. The van der Waals surface area contributed by atoms with E-state index in [1.807, 2.05) is 53.4 Å². The molecule has 3 rings (SSSR count). The van der Waals surface area contributed by atoms with Crippen molar-refractivity contribution >= 4 is 17.3 Å². The summed E-state index contributed by atoms with van der Waals surface area (Å²) < 4.78 is 0. The number of amides is 1. The van der Waals surface area contributed by atoms with Crippen molar-refractivity contribution in [1.82, 2.24) is 0 Å². The number of carbonyl (C=O) groups is 1. The number of nitrogens with one attached hydrogen (secondary N) is 1. The van der Waals surface area contributed by atoms with Gasteiger partial charge in [-0.2, -0.15) is 5.26 Å². The Balaban J connectivity index is 1.73. The molecule has 1 N–H and O–H groups in total. The minimum atomic E-state index is -0.379. The van der Waals surface area contributed by atoms with Crippen LogP contribution in [-0.2, 0) is 17.6 Å². The fourth-order valence-electron chi connectivity index (χ4n) is 3.40. The Labute approximate surface area is 161 Å². The molecule has 4 heteroatoms. The monoisotopic (exact) mass is 359 g/mol. The second-order valence-corrected chi connectivity index (χ2v) is 7.00. The quantitative estimate of drug-likeness (QED) is 0.594. The molecule has 0 bridgehead atoms. The van der Waals surface area contributed by atoms with E-state index in [0.717, 1.165) is 31.4 Å². The van der Waals surface area contributed by atoms with E-state index >= 15 is 0 Å². The number of anilines is 2. The van der Waals surface area contributed by atoms with Gasteiger partial charge in [0.05, 0.1) is 0 Å². The molecule has 1 aliphatic heterocycles. The van der Waals surface area contributed by atoms with Gasteiger partial charge in [-0.05, 0) is 55.5 Å². The van der Waals surface area contributed by atoms with Gasteiger partial charge in [0.15, 0.2) is 0 Å². The van der Waals surface area contributed by atoms with Gasteiger partial charge in [-0.15, -0.1) is 0 Å². The number of fused-ring (bicyclic) bond motifs is 1. The maximum atomic E-state index is 12.6. The van der Waals surface area contributed by atoms with Gasteiger partial charge in [0.2, 0.25) is 0 Å². The van der Waals surface area contributed by atoms with Crippen molar-refractivity contribution < 1.29 is 4.79 Å². The Morgan fingerprint density at radius 1 is 1.26 bits per heavy atom. The number of benzene rings is 2. The maximum Gasteiger partial charge on any atom is 0.267 e. The lowest BCUT2D eigenvalue weighted by Crippen LogP contribution is -2.25. The molecule has 0 radical (unpaired) electrons. The zero-order valence-corrected chi connectivity index (χ0v) is 15.9. The Morgan fingerprint density at radius 3 is 2.70 bits per heavy atom. The fourth-order valence-corrected chi connectivity index (χ4v) is 3.40. The Bertz CT molecular complexity index is 877. The van der Waals surface area contributed by atoms with Crippen LogP contribution in [0.25, 0.3) is 0 Å². The van der Waals surface area contributed by atoms with Crippen molar-refractivity contribution in [3.8, 4) is 6.07 Å². The van der Waals surface area contributed by atoms with Crippen LogP contribution in [0.3, 0.4) is 0 Å². The molecular weight excluding hydrogens is 334 g/mol. The highest BCUT2D eigenvalue weighted by atomic mass is 16.1. The van der Waals surface area contributed by atoms with Crippen molar-refractivity contribution in [3.63, 3.8) is 0 Å². The highest BCUT2D eigenvalue weighted by Crippen LogP contribution is 2.32. The van der Waals surface area contributed by atoms with E-state index in [0.29, 0.717) is 5.69 Å². The van der Waals surface area contributed by atoms with E-state index in [1.165, 1.54) is 11.1 Å². The number of carbonyl (C=O) groups excluding carboxylic acids is 1. The molecule has 1 amide bonds. The van der Waals surface area contributed by atoms with Gasteiger partial charge in [0.25, 0.3) is 5.91 Å². The molecule has 2 aromatic carbocycles. The molecule has 0 saturated heterocycles. The molecule has 2 aromatic rings. The number of rotatable bonds is 6. The van der Waals surface area contributed by atoms with Crippen molar-refractivity contribution in [1.29, 1.82) is 5.26 Å². The summed E-state index contributed by atoms with van der Waals surface area (Å²) in [6, 6.07) is 18.2. The van der Waals surface area contributed by atoms with E-state index < -0.39 is 0 Å². The molecule has 27 heavy (non-hydrogen) atoms. The average Bonchev–Trinajstić information content (AvgIpc) is 3.00. The standard InChI is InChI=1S/C23H25N3O/c1-3-4-7-18-10-12-21(13-11-18)25-23(27)20(15-24)16-26-17(2)14-19-8-5-6-9-22(19)26/h5-6,8-13,16-17H,3-4,7,14H2,1-2H3,(H,25,27)/b20-16-. The van der Waals surface area contributed by atoms with E-state index in [4.69, 9.17) is 0 Å². The van der Waals surface area contributed by atoms with Crippen LogP contribution < -0.4 is 10.2 Å². The minimum Gasteiger partial charge on any atom is -0.343 e. The predicted molar refractivity (Wildman–Crippen MR) is 109 cm³/mol. The summed E-state index contributed by atoms with van der Waals surface area (Å²) in [6.45, 7) is 4.27. The van der Waals surface area contributed by atoms with E-state index in [2.05, 4.69) is 25.2 Å². The molecule has 4 nitrogen and oxygen atoms in total. The summed E-state index contributed by atoms with van der Waals surface area (Å²) in [5, 5.41) is 12.3. The SMILES string of the molecule is CCCCc1ccc(NC(=O)/C(C#N)=C\N2c3ccccc3CC2C)cc1. The number of unbranched alkanes of at least 4 members (excludes halogenated alkanes) is 1. The number of hydrogen-bond donors (Lipinski definition) is 1. The third kappa shape index (κ3) is 4.38. The van der Waals surface area contributed by atoms with E-state index in [9.17, 15) is 10.1 Å². The summed E-state index contributed by atoms with van der Waals surface area (Å²) in [5.41, 5.74) is 4.37. The molecule has 0 aromatic heterocycles. The molecule has 1 atom stereocenters. The summed E-state index contributed by atoms with van der Waals surface area (Å²) in [4.78, 5) is 14.6. The highest BCUT2D eigenvalue weighted by molar-refractivity contribution is 6.06. The second kappa shape index (κ2) is 8.55. The summed E-state index contributed by atoms with van der Waals surface area (Å²) in [6.07, 6.45) is 5.93. The molecule has 138 valence electrons. The van der Waals surface area contributed by atoms with Crippen LogP contribution in [0.2, 0.25) is 0 Å². The lowest BCUT2D eigenvalue weighted by molar-refractivity contribution is -0.112. The third-order valence-electron chi connectivity index (χ3n) is 4.92. The third-order valence-corrected chi connectivity index (χ3v) is 4.92. The Hall–Kier alpha value is -3.06. The highest BCUT2D eigenvalue weighted by Gasteiger charge is 2.25. The molecule has 0 spiro atoms.